The average molecular weight is 370 g/mol. The van der Waals surface area contributed by atoms with E-state index in [9.17, 15) is 9.59 Å². The maximum absolute atomic E-state index is 13.0. The van der Waals surface area contributed by atoms with Crippen LogP contribution in [-0.2, 0) is 9.59 Å². The van der Waals surface area contributed by atoms with Crippen LogP contribution in [0.3, 0.4) is 0 Å². The molecule has 0 spiro atoms. The molecule has 1 aromatic rings. The van der Waals surface area contributed by atoms with E-state index in [1.807, 2.05) is 13.8 Å². The number of ketones is 2. The zero-order valence-electron chi connectivity index (χ0n) is 16.6. The third-order valence-corrected chi connectivity index (χ3v) is 5.81. The summed E-state index contributed by atoms with van der Waals surface area (Å²) in [4.78, 5) is 25.7. The number of Topliss-reactive ketones (excluding diaryl/α,β-unsaturated/α-hetero) is 2. The summed E-state index contributed by atoms with van der Waals surface area (Å²) in [6.07, 6.45) is 4.43. The van der Waals surface area contributed by atoms with Crippen molar-refractivity contribution in [3.63, 3.8) is 0 Å². The van der Waals surface area contributed by atoms with Crippen molar-refractivity contribution in [2.45, 2.75) is 39.5 Å². The van der Waals surface area contributed by atoms with E-state index in [0.29, 0.717) is 46.8 Å². The van der Waals surface area contributed by atoms with Crippen LogP contribution in [0.5, 0.6) is 17.2 Å². The van der Waals surface area contributed by atoms with Gasteiger partial charge in [0.2, 0.25) is 0 Å². The monoisotopic (exact) mass is 370 g/mol. The van der Waals surface area contributed by atoms with Crippen LogP contribution in [0.4, 0.5) is 0 Å². The Morgan fingerprint density at radius 1 is 1.00 bits per heavy atom. The highest BCUT2D eigenvalue weighted by atomic mass is 16.5. The topological polar surface area (TPSA) is 61.8 Å². The lowest BCUT2D eigenvalue weighted by Gasteiger charge is -2.40. The zero-order chi connectivity index (χ0) is 19.8. The first-order chi connectivity index (χ1) is 12.8. The predicted molar refractivity (Wildman–Crippen MR) is 103 cm³/mol. The first-order valence-corrected chi connectivity index (χ1v) is 9.14. The lowest BCUT2D eigenvalue weighted by molar-refractivity contribution is -0.128. The molecule has 1 aromatic carbocycles. The van der Waals surface area contributed by atoms with Crippen molar-refractivity contribution in [2.24, 2.45) is 5.41 Å². The van der Waals surface area contributed by atoms with Gasteiger partial charge in [-0.1, -0.05) is 0 Å². The fourth-order valence-corrected chi connectivity index (χ4v) is 4.26. The number of rotatable bonds is 4. The van der Waals surface area contributed by atoms with Gasteiger partial charge in [0.15, 0.2) is 5.78 Å². The van der Waals surface area contributed by atoms with Crippen molar-refractivity contribution in [1.29, 1.82) is 0 Å². The molecule has 0 aliphatic heterocycles. The molecule has 144 valence electrons. The number of methoxy groups -OCH3 is 3. The second-order valence-electron chi connectivity index (χ2n) is 7.33. The minimum atomic E-state index is -0.588. The molecule has 2 aliphatic carbocycles. The van der Waals surface area contributed by atoms with Crippen LogP contribution in [0.15, 0.2) is 28.9 Å². The summed E-state index contributed by atoms with van der Waals surface area (Å²) in [5.41, 5.74) is 2.40. The lowest BCUT2D eigenvalue weighted by Crippen LogP contribution is -2.39. The summed E-state index contributed by atoms with van der Waals surface area (Å²) in [5.74, 6) is 1.93. The summed E-state index contributed by atoms with van der Waals surface area (Å²) in [7, 11) is 4.70. The lowest BCUT2D eigenvalue weighted by atomic mass is 9.62. The van der Waals surface area contributed by atoms with Crippen LogP contribution in [0.1, 0.15) is 45.1 Å². The molecular formula is C22H26O5. The van der Waals surface area contributed by atoms with E-state index >= 15 is 0 Å². The Bertz CT molecular complexity index is 836. The number of fused-ring (bicyclic) bond motifs is 1. The van der Waals surface area contributed by atoms with Crippen LogP contribution < -0.4 is 14.2 Å². The molecular weight excluding hydrogens is 344 g/mol. The maximum atomic E-state index is 13.0. The van der Waals surface area contributed by atoms with Crippen molar-refractivity contribution < 1.29 is 23.8 Å². The maximum Gasteiger partial charge on any atom is 0.184 e. The molecule has 1 saturated carbocycles. The number of hydrogen-bond acceptors (Lipinski definition) is 5. The van der Waals surface area contributed by atoms with Gasteiger partial charge in [0, 0.05) is 24.1 Å². The van der Waals surface area contributed by atoms with Crippen molar-refractivity contribution in [1.82, 2.24) is 0 Å². The largest absolute Gasteiger partial charge is 0.496 e. The Morgan fingerprint density at radius 3 is 2.19 bits per heavy atom. The van der Waals surface area contributed by atoms with Gasteiger partial charge >= 0.3 is 0 Å². The Balaban J connectivity index is 2.15. The van der Waals surface area contributed by atoms with Crippen molar-refractivity contribution >= 4 is 17.6 Å². The Hall–Kier alpha value is -2.56. The molecule has 0 heterocycles. The third kappa shape index (κ3) is 3.15. The minimum absolute atomic E-state index is 0.00269. The molecule has 0 radical (unpaired) electrons. The second kappa shape index (κ2) is 7.22. The number of benzene rings is 1. The molecule has 0 N–H and O–H groups in total. The van der Waals surface area contributed by atoms with Gasteiger partial charge in [-0.2, -0.15) is 0 Å². The SMILES string of the molecule is COc1cc(OC)c(/C=C2\CC3(C)C(=O)CCCC3=C(C)C2=O)c(OC)c1. The van der Waals surface area contributed by atoms with Gasteiger partial charge in [-0.15, -0.1) is 0 Å². The van der Waals surface area contributed by atoms with E-state index in [2.05, 4.69) is 0 Å². The average Bonchev–Trinajstić information content (AvgIpc) is 2.67. The Labute approximate surface area is 160 Å². The quantitative estimate of drug-likeness (QED) is 0.745. The van der Waals surface area contributed by atoms with E-state index in [1.54, 1.807) is 39.5 Å². The molecule has 2 aliphatic rings. The summed E-state index contributed by atoms with van der Waals surface area (Å²) >= 11 is 0. The highest BCUT2D eigenvalue weighted by molar-refractivity contribution is 6.14. The summed E-state index contributed by atoms with van der Waals surface area (Å²) in [5, 5.41) is 0. The highest BCUT2D eigenvalue weighted by Gasteiger charge is 2.45. The van der Waals surface area contributed by atoms with E-state index in [0.717, 1.165) is 18.4 Å². The first kappa shape index (κ1) is 19.2. The smallest absolute Gasteiger partial charge is 0.184 e. The first-order valence-electron chi connectivity index (χ1n) is 9.14. The number of allylic oxidation sites excluding steroid dienone is 3. The van der Waals surface area contributed by atoms with Crippen molar-refractivity contribution in [3.05, 3.63) is 34.4 Å². The van der Waals surface area contributed by atoms with Gasteiger partial charge in [-0.05, 0) is 50.3 Å². The van der Waals surface area contributed by atoms with Gasteiger partial charge in [-0.25, -0.2) is 0 Å². The van der Waals surface area contributed by atoms with Crippen LogP contribution in [-0.4, -0.2) is 32.9 Å². The Morgan fingerprint density at radius 2 is 1.63 bits per heavy atom. The molecule has 1 unspecified atom stereocenters. The molecule has 5 nitrogen and oxygen atoms in total. The van der Waals surface area contributed by atoms with Crippen LogP contribution >= 0.6 is 0 Å². The highest BCUT2D eigenvalue weighted by Crippen LogP contribution is 2.49. The molecule has 5 heteroatoms. The van der Waals surface area contributed by atoms with E-state index in [4.69, 9.17) is 14.2 Å². The van der Waals surface area contributed by atoms with Gasteiger partial charge in [0.05, 0.1) is 32.3 Å². The molecule has 0 saturated heterocycles. The molecule has 0 amide bonds. The van der Waals surface area contributed by atoms with Crippen LogP contribution in [0.2, 0.25) is 0 Å². The van der Waals surface area contributed by atoms with E-state index in [-0.39, 0.29) is 11.6 Å². The summed E-state index contributed by atoms with van der Waals surface area (Å²) < 4.78 is 16.3. The van der Waals surface area contributed by atoms with Gasteiger partial charge in [-0.3, -0.25) is 9.59 Å². The van der Waals surface area contributed by atoms with Crippen molar-refractivity contribution in [2.75, 3.05) is 21.3 Å². The Kier molecular flexibility index (Phi) is 5.13. The number of carbonyl (C=O) groups excluding carboxylic acids is 2. The molecule has 3 rings (SSSR count). The van der Waals surface area contributed by atoms with Crippen LogP contribution in [0, 0.1) is 5.41 Å². The normalized spacial score (nSPS) is 24.1. The number of carbonyl (C=O) groups is 2. The standard InChI is InChI=1S/C22H26O5/c1-13-17-7-6-8-20(23)22(17,2)12-14(21(13)24)9-16-18(26-4)10-15(25-3)11-19(16)27-5/h9-11H,6-8,12H2,1-5H3/b14-9+. The molecule has 1 fully saturated rings. The molecule has 0 bridgehead atoms. The fourth-order valence-electron chi connectivity index (χ4n) is 4.26. The van der Waals surface area contributed by atoms with Crippen LogP contribution in [0.25, 0.3) is 6.08 Å². The fraction of sp³-hybridized carbons (Fsp3) is 0.455. The molecule has 27 heavy (non-hydrogen) atoms. The third-order valence-electron chi connectivity index (χ3n) is 5.81. The summed E-state index contributed by atoms with van der Waals surface area (Å²) in [6, 6.07) is 3.51. The second-order valence-corrected chi connectivity index (χ2v) is 7.33. The predicted octanol–water partition coefficient (Wildman–Crippen LogP) is 4.14. The number of hydrogen-bond donors (Lipinski definition) is 0. The van der Waals surface area contributed by atoms with E-state index < -0.39 is 5.41 Å². The van der Waals surface area contributed by atoms with E-state index in [1.165, 1.54) is 0 Å². The van der Waals surface area contributed by atoms with Gasteiger partial charge < -0.3 is 14.2 Å². The van der Waals surface area contributed by atoms with Gasteiger partial charge in [0.25, 0.3) is 0 Å². The van der Waals surface area contributed by atoms with Gasteiger partial charge in [0.1, 0.15) is 23.0 Å². The summed E-state index contributed by atoms with van der Waals surface area (Å²) in [6.45, 7) is 3.81. The molecule has 1 atom stereocenters. The number of ether oxygens (including phenoxy) is 3. The minimum Gasteiger partial charge on any atom is -0.496 e. The van der Waals surface area contributed by atoms with Crippen molar-refractivity contribution in [3.8, 4) is 17.2 Å². The zero-order valence-corrected chi connectivity index (χ0v) is 16.6. The molecule has 0 aromatic heterocycles.